The number of aromatic nitrogens is 2. The van der Waals surface area contributed by atoms with E-state index in [0.29, 0.717) is 22.3 Å². The third-order valence-electron chi connectivity index (χ3n) is 4.66. The fourth-order valence-corrected chi connectivity index (χ4v) is 4.62. The van der Waals surface area contributed by atoms with Gasteiger partial charge >= 0.3 is 0 Å². The lowest BCUT2D eigenvalue weighted by Gasteiger charge is -2.17. The Labute approximate surface area is 178 Å². The van der Waals surface area contributed by atoms with Crippen molar-refractivity contribution in [1.29, 1.82) is 0 Å². The summed E-state index contributed by atoms with van der Waals surface area (Å²) in [6, 6.07) is 12.5. The number of benzene rings is 1. The number of carbonyl (C=O) groups is 2. The van der Waals surface area contributed by atoms with E-state index in [-0.39, 0.29) is 11.8 Å². The van der Waals surface area contributed by atoms with Gasteiger partial charge in [0.1, 0.15) is 11.0 Å². The van der Waals surface area contributed by atoms with Gasteiger partial charge in [-0.1, -0.05) is 61.6 Å². The van der Waals surface area contributed by atoms with E-state index in [9.17, 15) is 9.59 Å². The van der Waals surface area contributed by atoms with Crippen molar-refractivity contribution in [3.05, 3.63) is 63.3 Å². The lowest BCUT2D eigenvalue weighted by atomic mass is 10.1. The highest BCUT2D eigenvalue weighted by Crippen LogP contribution is 2.28. The van der Waals surface area contributed by atoms with Crippen LogP contribution < -0.4 is 10.6 Å². The van der Waals surface area contributed by atoms with Crippen LogP contribution in [0.4, 0.5) is 5.13 Å². The van der Waals surface area contributed by atoms with Crippen molar-refractivity contribution < 1.29 is 9.59 Å². The minimum atomic E-state index is -0.715. The highest BCUT2D eigenvalue weighted by molar-refractivity contribution is 7.15. The molecule has 3 rings (SSSR count). The number of amides is 2. The highest BCUT2D eigenvalue weighted by atomic mass is 32.1. The van der Waals surface area contributed by atoms with Gasteiger partial charge in [0.15, 0.2) is 0 Å². The van der Waals surface area contributed by atoms with Gasteiger partial charge in [0.05, 0.1) is 4.88 Å². The van der Waals surface area contributed by atoms with Gasteiger partial charge in [0.25, 0.3) is 5.91 Å². The number of hydrogen-bond donors (Lipinski definition) is 2. The summed E-state index contributed by atoms with van der Waals surface area (Å²) in [7, 11) is 0. The zero-order valence-corrected chi connectivity index (χ0v) is 18.1. The van der Waals surface area contributed by atoms with Crippen LogP contribution in [0.1, 0.15) is 52.8 Å². The summed E-state index contributed by atoms with van der Waals surface area (Å²) in [6.07, 6.45) is 2.35. The Kier molecular flexibility index (Phi) is 7.48. The lowest BCUT2D eigenvalue weighted by molar-refractivity contribution is -0.118. The number of rotatable bonds is 9. The van der Waals surface area contributed by atoms with Crippen LogP contribution in [0.25, 0.3) is 0 Å². The van der Waals surface area contributed by atoms with Crippen LogP contribution in [-0.4, -0.2) is 28.1 Å². The third-order valence-corrected chi connectivity index (χ3v) is 6.52. The number of thiophene rings is 1. The zero-order chi connectivity index (χ0) is 20.6. The van der Waals surface area contributed by atoms with Gasteiger partial charge in [0.2, 0.25) is 11.0 Å². The smallest absolute Gasteiger partial charge is 0.262 e. The lowest BCUT2D eigenvalue weighted by Crippen LogP contribution is -2.45. The first-order valence-electron chi connectivity index (χ1n) is 9.63. The molecular formula is C21H24N4O2S2. The summed E-state index contributed by atoms with van der Waals surface area (Å²) in [5, 5.41) is 17.2. The average Bonchev–Trinajstić information content (AvgIpc) is 3.42. The van der Waals surface area contributed by atoms with Gasteiger partial charge in [-0.25, -0.2) is 0 Å². The molecule has 2 amide bonds. The molecular weight excluding hydrogens is 404 g/mol. The maximum Gasteiger partial charge on any atom is 0.262 e. The van der Waals surface area contributed by atoms with Crippen LogP contribution >= 0.6 is 22.7 Å². The minimum absolute atomic E-state index is 0.258. The van der Waals surface area contributed by atoms with Crippen LogP contribution in [0.15, 0.2) is 47.8 Å². The molecule has 3 aromatic rings. The number of carbonyl (C=O) groups excluding carboxylic acids is 2. The molecule has 0 aliphatic heterocycles. The maximum atomic E-state index is 13.0. The Balaban J connectivity index is 1.73. The molecule has 2 aromatic heterocycles. The zero-order valence-electron chi connectivity index (χ0n) is 16.4. The van der Waals surface area contributed by atoms with E-state index < -0.39 is 6.04 Å². The molecule has 6 nitrogen and oxygen atoms in total. The van der Waals surface area contributed by atoms with Gasteiger partial charge in [-0.05, 0) is 29.9 Å². The molecule has 1 unspecified atom stereocenters. The van der Waals surface area contributed by atoms with Crippen LogP contribution in [0.3, 0.4) is 0 Å². The average molecular weight is 429 g/mol. The Morgan fingerprint density at radius 1 is 1.03 bits per heavy atom. The molecule has 1 atom stereocenters. The second kappa shape index (κ2) is 10.3. The van der Waals surface area contributed by atoms with Crippen LogP contribution in [0.5, 0.6) is 0 Å². The summed E-state index contributed by atoms with van der Waals surface area (Å²) < 4.78 is 0. The molecule has 0 saturated heterocycles. The maximum absolute atomic E-state index is 13.0. The van der Waals surface area contributed by atoms with E-state index in [1.54, 1.807) is 6.07 Å². The molecule has 8 heteroatoms. The molecule has 0 aliphatic carbocycles. The van der Waals surface area contributed by atoms with Gasteiger partial charge in [-0.2, -0.15) is 0 Å². The van der Waals surface area contributed by atoms with E-state index in [2.05, 4.69) is 34.7 Å². The monoisotopic (exact) mass is 428 g/mol. The molecule has 2 heterocycles. The standard InChI is InChI=1S/C21H24N4O2S2/c1-3-15(4-2)20-24-25-21(29-20)23-18(26)16(13-14-9-6-5-7-10-14)22-19(27)17-11-8-12-28-17/h5-12,15-16H,3-4,13H2,1-2H3,(H,22,27)(H,23,25,26). The molecule has 0 fully saturated rings. The summed E-state index contributed by atoms with van der Waals surface area (Å²) in [6.45, 7) is 4.23. The minimum Gasteiger partial charge on any atom is -0.339 e. The molecule has 2 N–H and O–H groups in total. The molecule has 0 radical (unpaired) electrons. The van der Waals surface area contributed by atoms with Crippen molar-refractivity contribution in [2.24, 2.45) is 0 Å². The number of anilines is 1. The van der Waals surface area contributed by atoms with Crippen molar-refractivity contribution in [2.45, 2.75) is 45.1 Å². The quantitative estimate of drug-likeness (QED) is 0.526. The molecule has 0 spiro atoms. The Hall–Kier alpha value is -2.58. The Bertz CT molecular complexity index is 921. The van der Waals surface area contributed by atoms with E-state index in [1.165, 1.54) is 22.7 Å². The van der Waals surface area contributed by atoms with Gasteiger partial charge in [-0.15, -0.1) is 21.5 Å². The molecule has 1 aromatic carbocycles. The van der Waals surface area contributed by atoms with Crippen LogP contribution in [0, 0.1) is 0 Å². The number of nitrogens with zero attached hydrogens (tertiary/aromatic N) is 2. The highest BCUT2D eigenvalue weighted by Gasteiger charge is 2.24. The van der Waals surface area contributed by atoms with Crippen molar-refractivity contribution in [3.8, 4) is 0 Å². The van der Waals surface area contributed by atoms with Crippen LogP contribution in [0.2, 0.25) is 0 Å². The van der Waals surface area contributed by atoms with Gasteiger partial charge in [-0.3, -0.25) is 14.9 Å². The number of hydrogen-bond acceptors (Lipinski definition) is 6. The topological polar surface area (TPSA) is 84.0 Å². The fraction of sp³-hybridized carbons (Fsp3) is 0.333. The van der Waals surface area contributed by atoms with Crippen molar-refractivity contribution in [2.75, 3.05) is 5.32 Å². The summed E-state index contributed by atoms with van der Waals surface area (Å²) >= 11 is 2.74. The van der Waals surface area contributed by atoms with E-state index in [1.807, 2.05) is 41.8 Å². The first kappa shape index (κ1) is 21.1. The van der Waals surface area contributed by atoms with E-state index in [0.717, 1.165) is 23.4 Å². The predicted octanol–water partition coefficient (Wildman–Crippen LogP) is 4.48. The van der Waals surface area contributed by atoms with Gasteiger partial charge < -0.3 is 5.32 Å². The Morgan fingerprint density at radius 3 is 2.45 bits per heavy atom. The molecule has 152 valence electrons. The van der Waals surface area contributed by atoms with E-state index >= 15 is 0 Å². The summed E-state index contributed by atoms with van der Waals surface area (Å²) in [5.74, 6) is -0.214. The van der Waals surface area contributed by atoms with Crippen molar-refractivity contribution in [3.63, 3.8) is 0 Å². The van der Waals surface area contributed by atoms with Crippen molar-refractivity contribution in [1.82, 2.24) is 15.5 Å². The van der Waals surface area contributed by atoms with Crippen LogP contribution in [-0.2, 0) is 11.2 Å². The SMILES string of the molecule is CCC(CC)c1nnc(NC(=O)C(Cc2ccccc2)NC(=O)c2cccs2)s1. The summed E-state index contributed by atoms with van der Waals surface area (Å²) in [5.41, 5.74) is 0.967. The Morgan fingerprint density at radius 2 is 1.79 bits per heavy atom. The van der Waals surface area contributed by atoms with Crippen molar-refractivity contribution >= 4 is 39.6 Å². The van der Waals surface area contributed by atoms with E-state index in [4.69, 9.17) is 0 Å². The second-order valence-electron chi connectivity index (χ2n) is 6.64. The first-order valence-corrected chi connectivity index (χ1v) is 11.3. The first-order chi connectivity index (χ1) is 14.1. The molecule has 0 saturated carbocycles. The summed E-state index contributed by atoms with van der Waals surface area (Å²) in [4.78, 5) is 26.1. The third kappa shape index (κ3) is 5.71. The normalized spacial score (nSPS) is 12.0. The predicted molar refractivity (Wildman–Crippen MR) is 118 cm³/mol. The molecule has 0 bridgehead atoms. The van der Waals surface area contributed by atoms with Gasteiger partial charge in [0, 0.05) is 12.3 Å². The molecule has 0 aliphatic rings. The fourth-order valence-electron chi connectivity index (χ4n) is 2.98. The molecule has 29 heavy (non-hydrogen) atoms. The second-order valence-corrected chi connectivity index (χ2v) is 8.60. The largest absolute Gasteiger partial charge is 0.339 e. The number of nitrogens with one attached hydrogen (secondary N) is 2.